The Labute approximate surface area is 149 Å². The fourth-order valence-electron chi connectivity index (χ4n) is 2.43. The fourth-order valence-corrected chi connectivity index (χ4v) is 3.12. The Bertz CT molecular complexity index is 887. The molecule has 0 fully saturated rings. The second-order valence-corrected chi connectivity index (χ2v) is 6.66. The lowest BCUT2D eigenvalue weighted by Crippen LogP contribution is -2.15. The minimum atomic E-state index is -0.155. The molecule has 0 bridgehead atoms. The number of benzene rings is 1. The lowest BCUT2D eigenvalue weighted by Gasteiger charge is -2.07. The normalized spacial score (nSPS) is 10.7. The molecule has 1 N–H and O–H groups in total. The summed E-state index contributed by atoms with van der Waals surface area (Å²) < 4.78 is 1.64. The largest absolute Gasteiger partial charge is 0.310 e. The molecular formula is C17H18N6OS. The molecule has 25 heavy (non-hydrogen) atoms. The molecule has 0 saturated heterocycles. The van der Waals surface area contributed by atoms with Crippen molar-refractivity contribution in [3.8, 4) is 5.69 Å². The fraction of sp³-hybridized carbons (Fsp3) is 0.235. The van der Waals surface area contributed by atoms with Crippen molar-refractivity contribution in [2.24, 2.45) is 0 Å². The molecule has 3 rings (SSSR count). The van der Waals surface area contributed by atoms with Crippen LogP contribution in [0, 0.1) is 20.8 Å². The number of rotatable bonds is 5. The maximum absolute atomic E-state index is 12.1. The maximum Gasteiger partial charge on any atom is 0.236 e. The van der Waals surface area contributed by atoms with Gasteiger partial charge < -0.3 is 5.32 Å². The van der Waals surface area contributed by atoms with Crippen LogP contribution in [-0.4, -0.2) is 36.9 Å². The van der Waals surface area contributed by atoms with Crippen LogP contribution in [0.25, 0.3) is 5.69 Å². The zero-order valence-electron chi connectivity index (χ0n) is 14.2. The highest BCUT2D eigenvalue weighted by atomic mass is 32.2. The van der Waals surface area contributed by atoms with Gasteiger partial charge in [0.1, 0.15) is 5.82 Å². The third kappa shape index (κ3) is 4.42. The molecule has 7 nitrogen and oxygen atoms in total. The van der Waals surface area contributed by atoms with E-state index in [4.69, 9.17) is 0 Å². The Morgan fingerprint density at radius 3 is 2.64 bits per heavy atom. The summed E-state index contributed by atoms with van der Waals surface area (Å²) in [4.78, 5) is 16.4. The van der Waals surface area contributed by atoms with E-state index in [1.54, 1.807) is 10.7 Å². The van der Waals surface area contributed by atoms with Gasteiger partial charge in [0.25, 0.3) is 0 Å². The Balaban J connectivity index is 1.68. The summed E-state index contributed by atoms with van der Waals surface area (Å²) in [6.07, 6.45) is 0. The molecule has 0 saturated carbocycles. The molecule has 8 heteroatoms. The minimum absolute atomic E-state index is 0.155. The number of hydrogen-bond acceptors (Lipinski definition) is 6. The number of carbonyl (C=O) groups is 1. The number of hydrogen-bond donors (Lipinski definition) is 1. The third-order valence-electron chi connectivity index (χ3n) is 3.38. The Morgan fingerprint density at radius 1 is 1.16 bits per heavy atom. The molecule has 1 amide bonds. The molecule has 0 aliphatic rings. The average molecular weight is 354 g/mol. The second kappa shape index (κ2) is 7.43. The van der Waals surface area contributed by atoms with Gasteiger partial charge in [0, 0.05) is 5.69 Å². The lowest BCUT2D eigenvalue weighted by molar-refractivity contribution is -0.113. The van der Waals surface area contributed by atoms with E-state index in [1.165, 1.54) is 11.8 Å². The van der Waals surface area contributed by atoms with Crippen molar-refractivity contribution in [2.75, 3.05) is 11.1 Å². The molecule has 1 aromatic carbocycles. The molecule has 0 unspecified atom stereocenters. The minimum Gasteiger partial charge on any atom is -0.310 e. The standard InChI is InChI=1S/C17H18N6OS/c1-11-7-12(2)9-14(8-11)23-17(20-21-22-23)25-10-16(24)19-15-6-4-5-13(3)18-15/h4-9H,10H2,1-3H3,(H,18,19,24). The van der Waals surface area contributed by atoms with E-state index in [9.17, 15) is 4.79 Å². The smallest absolute Gasteiger partial charge is 0.236 e. The first-order chi connectivity index (χ1) is 12.0. The van der Waals surface area contributed by atoms with Gasteiger partial charge in [-0.1, -0.05) is 23.9 Å². The lowest BCUT2D eigenvalue weighted by atomic mass is 10.1. The van der Waals surface area contributed by atoms with Crippen LogP contribution in [0.2, 0.25) is 0 Å². The van der Waals surface area contributed by atoms with Crippen molar-refractivity contribution in [3.05, 3.63) is 53.2 Å². The van der Waals surface area contributed by atoms with Crippen LogP contribution in [0.3, 0.4) is 0 Å². The molecule has 0 atom stereocenters. The summed E-state index contributed by atoms with van der Waals surface area (Å²) in [6, 6.07) is 11.6. The number of tetrazole rings is 1. The van der Waals surface area contributed by atoms with Crippen molar-refractivity contribution in [1.82, 2.24) is 25.2 Å². The topological polar surface area (TPSA) is 85.6 Å². The second-order valence-electron chi connectivity index (χ2n) is 5.72. The Morgan fingerprint density at radius 2 is 1.92 bits per heavy atom. The molecule has 2 aromatic heterocycles. The van der Waals surface area contributed by atoms with E-state index in [2.05, 4.69) is 31.9 Å². The molecule has 0 aliphatic carbocycles. The predicted molar refractivity (Wildman–Crippen MR) is 97.0 cm³/mol. The van der Waals surface area contributed by atoms with Crippen LogP contribution < -0.4 is 5.32 Å². The molecule has 0 radical (unpaired) electrons. The monoisotopic (exact) mass is 354 g/mol. The number of anilines is 1. The zero-order valence-corrected chi connectivity index (χ0v) is 15.0. The summed E-state index contributed by atoms with van der Waals surface area (Å²) in [6.45, 7) is 5.92. The van der Waals surface area contributed by atoms with Crippen molar-refractivity contribution in [3.63, 3.8) is 0 Å². The number of thioether (sulfide) groups is 1. The van der Waals surface area contributed by atoms with Crippen molar-refractivity contribution >= 4 is 23.5 Å². The summed E-state index contributed by atoms with van der Waals surface area (Å²) in [7, 11) is 0. The summed E-state index contributed by atoms with van der Waals surface area (Å²) in [5.41, 5.74) is 3.99. The van der Waals surface area contributed by atoms with Crippen LogP contribution in [0.5, 0.6) is 0 Å². The Hall–Kier alpha value is -2.74. The summed E-state index contributed by atoms with van der Waals surface area (Å²) in [5.74, 6) is 0.582. The molecule has 128 valence electrons. The quantitative estimate of drug-likeness (QED) is 0.709. The highest BCUT2D eigenvalue weighted by Crippen LogP contribution is 2.20. The number of nitrogens with one attached hydrogen (secondary N) is 1. The van der Waals surface area contributed by atoms with E-state index in [0.29, 0.717) is 11.0 Å². The summed E-state index contributed by atoms with van der Waals surface area (Å²) in [5, 5.41) is 15.1. The number of amides is 1. The maximum atomic E-state index is 12.1. The van der Waals surface area contributed by atoms with E-state index in [-0.39, 0.29) is 11.7 Å². The first kappa shape index (κ1) is 17.1. The molecule has 0 aliphatic heterocycles. The van der Waals surface area contributed by atoms with Gasteiger partial charge >= 0.3 is 0 Å². The van der Waals surface area contributed by atoms with Gasteiger partial charge in [-0.15, -0.1) is 5.10 Å². The molecular weight excluding hydrogens is 336 g/mol. The van der Waals surface area contributed by atoms with Crippen LogP contribution in [0.1, 0.15) is 16.8 Å². The average Bonchev–Trinajstić information content (AvgIpc) is 3.00. The Kier molecular flexibility index (Phi) is 5.08. The van der Waals surface area contributed by atoms with E-state index in [1.807, 2.05) is 45.0 Å². The van der Waals surface area contributed by atoms with Gasteiger partial charge in [0.05, 0.1) is 11.4 Å². The highest BCUT2D eigenvalue weighted by molar-refractivity contribution is 7.99. The predicted octanol–water partition coefficient (Wildman–Crippen LogP) is 2.71. The van der Waals surface area contributed by atoms with Crippen LogP contribution in [0.15, 0.2) is 41.6 Å². The molecule has 3 aromatic rings. The van der Waals surface area contributed by atoms with Crippen molar-refractivity contribution in [1.29, 1.82) is 0 Å². The van der Waals surface area contributed by atoms with E-state index >= 15 is 0 Å². The van der Waals surface area contributed by atoms with Gasteiger partial charge in [-0.3, -0.25) is 4.79 Å². The van der Waals surface area contributed by atoms with Crippen LogP contribution >= 0.6 is 11.8 Å². The summed E-state index contributed by atoms with van der Waals surface area (Å²) >= 11 is 1.28. The van der Waals surface area contributed by atoms with Gasteiger partial charge in [0.15, 0.2) is 0 Å². The molecule has 0 spiro atoms. The number of aromatic nitrogens is 5. The van der Waals surface area contributed by atoms with Crippen molar-refractivity contribution < 1.29 is 4.79 Å². The van der Waals surface area contributed by atoms with Gasteiger partial charge in [-0.05, 0) is 66.6 Å². The number of carbonyl (C=O) groups excluding carboxylic acids is 1. The SMILES string of the molecule is Cc1cc(C)cc(-n2nnnc2SCC(=O)Nc2cccc(C)n2)c1. The van der Waals surface area contributed by atoms with E-state index in [0.717, 1.165) is 22.5 Å². The number of pyridine rings is 1. The van der Waals surface area contributed by atoms with Gasteiger partial charge in [-0.25, -0.2) is 4.98 Å². The highest BCUT2D eigenvalue weighted by Gasteiger charge is 2.12. The van der Waals surface area contributed by atoms with Crippen LogP contribution in [-0.2, 0) is 4.79 Å². The zero-order chi connectivity index (χ0) is 17.8. The first-order valence-electron chi connectivity index (χ1n) is 7.74. The number of aryl methyl sites for hydroxylation is 3. The van der Waals surface area contributed by atoms with Gasteiger partial charge in [0.2, 0.25) is 11.1 Å². The van der Waals surface area contributed by atoms with Gasteiger partial charge in [-0.2, -0.15) is 4.68 Å². The number of nitrogens with zero attached hydrogens (tertiary/aromatic N) is 5. The third-order valence-corrected chi connectivity index (χ3v) is 4.30. The van der Waals surface area contributed by atoms with E-state index < -0.39 is 0 Å². The molecule has 2 heterocycles. The van der Waals surface area contributed by atoms with Crippen molar-refractivity contribution in [2.45, 2.75) is 25.9 Å². The first-order valence-corrected chi connectivity index (χ1v) is 8.73. The van der Waals surface area contributed by atoms with Crippen LogP contribution in [0.4, 0.5) is 5.82 Å².